The van der Waals surface area contributed by atoms with E-state index in [4.69, 9.17) is 9.72 Å². The Hall–Kier alpha value is -7.36. The fourth-order valence-electron chi connectivity index (χ4n) is 11.8. The van der Waals surface area contributed by atoms with Crippen LogP contribution < -0.4 is 30.9 Å². The molecule has 1 saturated carbocycles. The molecule has 434 valence electrons. The summed E-state index contributed by atoms with van der Waals surface area (Å²) in [6.45, 7) is 12.2. The highest BCUT2D eigenvalue weighted by atomic mass is 32.2. The molecule has 5 amide bonds. The van der Waals surface area contributed by atoms with E-state index in [1.54, 1.807) is 45.2 Å². The van der Waals surface area contributed by atoms with Gasteiger partial charge in [-0.15, -0.1) is 0 Å². The number of benzene rings is 2. The van der Waals surface area contributed by atoms with Crippen LogP contribution in [0.25, 0.3) is 10.9 Å². The maximum atomic E-state index is 14.9. The van der Waals surface area contributed by atoms with Gasteiger partial charge in [-0.1, -0.05) is 43.5 Å². The highest BCUT2D eigenvalue weighted by Crippen LogP contribution is 2.38. The Morgan fingerprint density at radius 1 is 0.914 bits per heavy atom. The number of pyridine rings is 1. The molecule has 3 aromatic heterocycles. The van der Waals surface area contributed by atoms with Gasteiger partial charge in [-0.2, -0.15) is 5.10 Å². The lowest BCUT2D eigenvalue weighted by atomic mass is 9.83. The first-order valence-corrected chi connectivity index (χ1v) is 30.1. The predicted octanol–water partition coefficient (Wildman–Crippen LogP) is 7.71. The van der Waals surface area contributed by atoms with Crippen molar-refractivity contribution in [3.8, 4) is 5.75 Å². The number of sulfone groups is 1. The number of hydrogen-bond donors (Lipinski definition) is 6. The summed E-state index contributed by atoms with van der Waals surface area (Å²) in [7, 11) is -2.54. The minimum absolute atomic E-state index is 0.0329. The van der Waals surface area contributed by atoms with Gasteiger partial charge in [0.1, 0.15) is 46.7 Å². The number of amides is 5. The van der Waals surface area contributed by atoms with E-state index in [-0.39, 0.29) is 41.5 Å². The van der Waals surface area contributed by atoms with Crippen LogP contribution in [-0.2, 0) is 30.6 Å². The number of anilines is 3. The van der Waals surface area contributed by atoms with Crippen LogP contribution in [0.3, 0.4) is 0 Å². The van der Waals surface area contributed by atoms with E-state index in [9.17, 15) is 37.5 Å². The molecule has 3 fully saturated rings. The van der Waals surface area contributed by atoms with E-state index in [0.717, 1.165) is 98.4 Å². The van der Waals surface area contributed by atoms with Crippen molar-refractivity contribution in [3.05, 3.63) is 89.0 Å². The number of carbonyl (C=O) groups is 5. The van der Waals surface area contributed by atoms with E-state index in [1.807, 2.05) is 38.1 Å². The predicted molar refractivity (Wildman–Crippen MR) is 307 cm³/mol. The molecule has 2 aromatic carbocycles. The van der Waals surface area contributed by atoms with Gasteiger partial charge in [-0.3, -0.25) is 29.2 Å². The van der Waals surface area contributed by atoms with Gasteiger partial charge in [-0.05, 0) is 147 Å². The number of carboxylic acid groups (broad SMARTS) is 1. The second-order valence-electron chi connectivity index (χ2n) is 23.4. The zero-order valence-electron chi connectivity index (χ0n) is 47.6. The first-order valence-electron chi connectivity index (χ1n) is 28.6. The fraction of sp³-hybridized carbons (Fsp3) is 0.542. The van der Waals surface area contributed by atoms with E-state index < -0.39 is 62.6 Å². The van der Waals surface area contributed by atoms with Crippen LogP contribution in [0.4, 0.5) is 22.2 Å². The Morgan fingerprint density at radius 3 is 2.36 bits per heavy atom. The van der Waals surface area contributed by atoms with Crippen LogP contribution in [0.5, 0.6) is 5.75 Å². The number of nitrogens with one attached hydrogen (secondary N) is 5. The van der Waals surface area contributed by atoms with Crippen LogP contribution in [0, 0.1) is 25.7 Å². The fourth-order valence-corrected chi connectivity index (χ4v) is 13.1. The second kappa shape index (κ2) is 24.8. The topological polar surface area (TPSA) is 274 Å². The first-order chi connectivity index (χ1) is 38.7. The molecule has 2 aliphatic carbocycles. The summed E-state index contributed by atoms with van der Waals surface area (Å²) >= 11 is 0. The lowest BCUT2D eigenvalue weighted by Crippen LogP contribution is -2.59. The number of aryl methyl sites for hydroxylation is 2. The van der Waals surface area contributed by atoms with Gasteiger partial charge >= 0.3 is 6.09 Å². The number of likely N-dealkylation sites (tertiary alicyclic amines) is 1. The third-order valence-electron chi connectivity index (χ3n) is 17.1. The average molecular weight is 1130 g/mol. The molecule has 0 unspecified atom stereocenters. The first kappa shape index (κ1) is 58.3. The molecule has 21 nitrogen and oxygen atoms in total. The molecule has 0 radical (unpaired) electrons. The standard InChI is InChI=1S/C59H78N12O9S/c1-35-36(2)67-68-52(35)66-53-44-30-49(81(78,79)59(4,5)6)48(31-46(44)61-34-62-53)80-28-14-15-38-24-26-70(27-25-38)50-23-22-41(32-60-50)55(73)63-42-29-47(56(74)64-45-21-13-19-39-16-11-12-20-43(39)45)71(33-42)57(75)51(40-17-9-8-10-18-40)65-54(72)37(3)69(7)58(76)77/h11-12,16,20,22-23,30-32,34,37-38,40,42,45,47,51H,8-10,13-15,17-19,21,24-29,33H2,1-7H3,(H,63,73)(H,64,74)(H,65,72)(H,76,77)(H2,61,62,66,67,68)/t37-,42-,45+,47-,51-/m0/s1. The minimum Gasteiger partial charge on any atom is -0.492 e. The molecule has 5 aromatic rings. The van der Waals surface area contributed by atoms with E-state index in [1.165, 1.54) is 30.8 Å². The van der Waals surface area contributed by atoms with Gasteiger partial charge < -0.3 is 40.9 Å². The quantitative estimate of drug-likeness (QED) is 0.0459. The highest BCUT2D eigenvalue weighted by molar-refractivity contribution is 7.92. The molecule has 9 rings (SSSR count). The summed E-state index contributed by atoms with van der Waals surface area (Å²) in [6, 6.07) is 11.0. The number of rotatable bonds is 18. The smallest absolute Gasteiger partial charge is 0.407 e. The van der Waals surface area contributed by atoms with Crippen molar-refractivity contribution < 1.29 is 42.2 Å². The molecule has 0 spiro atoms. The molecule has 22 heteroatoms. The van der Waals surface area contributed by atoms with E-state index in [2.05, 4.69) is 52.4 Å². The monoisotopic (exact) mass is 1130 g/mol. The number of aromatic amines is 1. The number of nitrogens with zero attached hydrogens (tertiary/aromatic N) is 7. The largest absolute Gasteiger partial charge is 0.492 e. The molecule has 81 heavy (non-hydrogen) atoms. The number of fused-ring (bicyclic) bond motifs is 2. The summed E-state index contributed by atoms with van der Waals surface area (Å²) in [5, 5.41) is 29.9. The third kappa shape index (κ3) is 13.1. The van der Waals surface area contributed by atoms with Gasteiger partial charge in [0.25, 0.3) is 5.91 Å². The van der Waals surface area contributed by atoms with Crippen LogP contribution in [0.2, 0.25) is 0 Å². The van der Waals surface area contributed by atoms with Gasteiger partial charge in [-0.25, -0.2) is 28.2 Å². The number of piperidine rings is 1. The number of hydrogen-bond acceptors (Lipinski definition) is 14. The number of carbonyl (C=O) groups excluding carboxylic acids is 4. The Kier molecular flexibility index (Phi) is 17.8. The van der Waals surface area contributed by atoms with E-state index >= 15 is 0 Å². The van der Waals surface area contributed by atoms with E-state index in [0.29, 0.717) is 59.9 Å². The van der Waals surface area contributed by atoms with Crippen molar-refractivity contribution in [2.24, 2.45) is 11.8 Å². The second-order valence-corrected chi connectivity index (χ2v) is 26.1. The number of ether oxygens (including phenoxy) is 1. The average Bonchev–Trinajstić information content (AvgIpc) is 4.05. The molecule has 6 N–H and O–H groups in total. The molecule has 2 saturated heterocycles. The van der Waals surface area contributed by atoms with Gasteiger partial charge in [0.15, 0.2) is 15.7 Å². The van der Waals surface area contributed by atoms with Crippen molar-refractivity contribution in [1.29, 1.82) is 0 Å². The van der Waals surface area contributed by atoms with Gasteiger partial charge in [0, 0.05) is 61.6 Å². The summed E-state index contributed by atoms with van der Waals surface area (Å²) in [6.07, 6.45) is 11.9. The molecule has 5 heterocycles. The summed E-state index contributed by atoms with van der Waals surface area (Å²) in [5.41, 5.74) is 4.90. The van der Waals surface area contributed by atoms with Crippen LogP contribution in [0.15, 0.2) is 66.0 Å². The van der Waals surface area contributed by atoms with Crippen molar-refractivity contribution in [2.45, 2.75) is 165 Å². The molecule has 5 atom stereocenters. The SMILES string of the molecule is Cc1[nH]nc(Nc2ncnc3cc(OCCCC4CCN(c5ccc(C(=O)N[C@H]6C[C@@H](C(=O)N[C@@H]7CCCc8ccccc87)N(C(=O)[C@@H](NC(=O)[C@H](C)N(C)C(=O)O)C7CCCCC7)C6)cn5)CC4)c(S(=O)(=O)C(C)(C)C)cc23)c1C. The van der Waals surface area contributed by atoms with Gasteiger partial charge in [0.2, 0.25) is 17.7 Å². The molecule has 4 aliphatic rings. The zero-order valence-corrected chi connectivity index (χ0v) is 48.4. The van der Waals surface area contributed by atoms with Crippen LogP contribution >= 0.6 is 0 Å². The van der Waals surface area contributed by atoms with Crippen molar-refractivity contribution in [1.82, 2.24) is 50.9 Å². The van der Waals surface area contributed by atoms with Crippen LogP contribution in [0.1, 0.15) is 144 Å². The molecule has 0 bridgehead atoms. The molecule has 2 aliphatic heterocycles. The number of H-pyrrole nitrogens is 1. The van der Waals surface area contributed by atoms with Crippen molar-refractivity contribution in [2.75, 3.05) is 43.5 Å². The maximum Gasteiger partial charge on any atom is 0.407 e. The Bertz CT molecular complexity index is 3220. The van der Waals surface area contributed by atoms with Crippen molar-refractivity contribution in [3.63, 3.8) is 0 Å². The molecular formula is C59H78N12O9S. The Labute approximate surface area is 474 Å². The highest BCUT2D eigenvalue weighted by Gasteiger charge is 2.46. The lowest BCUT2D eigenvalue weighted by Gasteiger charge is -2.36. The van der Waals surface area contributed by atoms with Crippen LogP contribution in [-0.4, -0.2) is 140 Å². The number of aromatic nitrogens is 5. The lowest BCUT2D eigenvalue weighted by molar-refractivity contribution is -0.143. The third-order valence-corrected chi connectivity index (χ3v) is 19.6. The summed E-state index contributed by atoms with van der Waals surface area (Å²) in [5.74, 6) is 0.457. The number of likely N-dealkylation sites (N-methyl/N-ethyl adjacent to an activating group) is 1. The molecular weight excluding hydrogens is 1050 g/mol. The Morgan fingerprint density at radius 2 is 1.67 bits per heavy atom. The zero-order chi connectivity index (χ0) is 57.8. The summed E-state index contributed by atoms with van der Waals surface area (Å²) in [4.78, 5) is 87.2. The summed E-state index contributed by atoms with van der Waals surface area (Å²) < 4.78 is 33.3. The normalized spacial score (nSPS) is 19.8. The van der Waals surface area contributed by atoms with Crippen molar-refractivity contribution >= 4 is 67.9 Å². The maximum absolute atomic E-state index is 14.9. The minimum atomic E-state index is -3.85. The Balaban J connectivity index is 0.818. The van der Waals surface area contributed by atoms with Gasteiger partial charge in [0.05, 0.1) is 28.5 Å².